The Balaban J connectivity index is 1.69. The summed E-state index contributed by atoms with van der Waals surface area (Å²) in [4.78, 5) is 5.36. The molecule has 0 aliphatic rings. The first-order valence-corrected chi connectivity index (χ1v) is 8.92. The van der Waals surface area contributed by atoms with Crippen LogP contribution in [0, 0.1) is 6.92 Å². The molecule has 0 saturated heterocycles. The molecule has 132 valence electrons. The number of aromatic hydroxyl groups is 2. The van der Waals surface area contributed by atoms with Crippen LogP contribution in [-0.2, 0) is 15.4 Å². The molecule has 0 aliphatic carbocycles. The van der Waals surface area contributed by atoms with E-state index in [0.29, 0.717) is 20.4 Å². The van der Waals surface area contributed by atoms with Gasteiger partial charge in [-0.25, -0.2) is 9.20 Å². The first kappa shape index (κ1) is 16.4. The maximum atomic E-state index is 12.2. The van der Waals surface area contributed by atoms with Crippen LogP contribution in [-0.4, -0.2) is 19.2 Å². The fraction of sp³-hybridized carbons (Fsp3) is 0.0526. The van der Waals surface area contributed by atoms with Gasteiger partial charge in [0.2, 0.25) is 22.8 Å². The summed E-state index contributed by atoms with van der Waals surface area (Å²) in [7, 11) is 0. The Labute approximate surface area is 151 Å². The number of nitrogens with zero attached hydrogens (tertiary/aromatic N) is 1. The van der Waals surface area contributed by atoms with E-state index in [0.717, 1.165) is 16.3 Å². The third kappa shape index (κ3) is 2.67. The topological polar surface area (TPSA) is 80.9 Å². The lowest BCUT2D eigenvalue weighted by Crippen LogP contribution is -2.13. The molecule has 1 heterocycles. The van der Waals surface area contributed by atoms with Crippen LogP contribution in [0.1, 0.15) is 5.56 Å². The molecule has 3 aromatic carbocycles. The first-order valence-electron chi connectivity index (χ1n) is 7.84. The fourth-order valence-corrected chi connectivity index (χ4v) is 3.38. The second kappa shape index (κ2) is 6.36. The molecule has 6 nitrogen and oxygen atoms in total. The summed E-state index contributed by atoms with van der Waals surface area (Å²) in [6.45, 7) is 1.91. The lowest BCUT2D eigenvalue weighted by atomic mass is 10.1. The Morgan fingerprint density at radius 1 is 0.885 bits per heavy atom. The minimum absolute atomic E-state index is 0.338. The lowest BCUT2D eigenvalue weighted by Gasteiger charge is -2.06. The molecule has 1 atom stereocenters. The summed E-state index contributed by atoms with van der Waals surface area (Å²) in [5, 5.41) is 23.3. The third-order valence-corrected chi connectivity index (χ3v) is 5.00. The molecular formula is C19H15NO5S. The van der Waals surface area contributed by atoms with E-state index in [1.165, 1.54) is 0 Å². The number of hydrogen-bond donors (Lipinski definition) is 2. The van der Waals surface area contributed by atoms with Gasteiger partial charge in [-0.05, 0) is 35.9 Å². The van der Waals surface area contributed by atoms with Gasteiger partial charge in [0.25, 0.3) is 0 Å². The predicted octanol–water partition coefficient (Wildman–Crippen LogP) is 3.60. The summed E-state index contributed by atoms with van der Waals surface area (Å²) < 4.78 is 17.8. The SMILES string of the molecule is Cc1ccc(S(=O)OOn2c(O)c3ccc4ccccc4c3c2O)cc1. The maximum Gasteiger partial charge on any atom is 0.241 e. The molecule has 1 unspecified atom stereocenters. The Bertz CT molecular complexity index is 1130. The van der Waals surface area contributed by atoms with E-state index in [-0.39, 0.29) is 11.8 Å². The summed E-state index contributed by atoms with van der Waals surface area (Å²) in [6.07, 6.45) is 0. The molecule has 0 fully saturated rings. The molecule has 0 aliphatic heterocycles. The highest BCUT2D eigenvalue weighted by molar-refractivity contribution is 7.80. The summed E-state index contributed by atoms with van der Waals surface area (Å²) in [6, 6.07) is 17.8. The van der Waals surface area contributed by atoms with Crippen LogP contribution in [0.5, 0.6) is 11.8 Å². The van der Waals surface area contributed by atoms with Crippen molar-refractivity contribution in [2.24, 2.45) is 0 Å². The summed E-state index contributed by atoms with van der Waals surface area (Å²) in [5.41, 5.74) is 1.02. The van der Waals surface area contributed by atoms with Crippen LogP contribution >= 0.6 is 0 Å². The van der Waals surface area contributed by atoms with Crippen molar-refractivity contribution in [1.82, 2.24) is 4.73 Å². The van der Waals surface area contributed by atoms with Gasteiger partial charge >= 0.3 is 0 Å². The predicted molar refractivity (Wildman–Crippen MR) is 98.0 cm³/mol. The van der Waals surface area contributed by atoms with E-state index >= 15 is 0 Å². The van der Waals surface area contributed by atoms with Crippen molar-refractivity contribution in [1.29, 1.82) is 0 Å². The monoisotopic (exact) mass is 369 g/mol. The van der Waals surface area contributed by atoms with Crippen LogP contribution in [0.15, 0.2) is 65.6 Å². The molecule has 0 radical (unpaired) electrons. The van der Waals surface area contributed by atoms with Crippen molar-refractivity contribution >= 4 is 32.6 Å². The van der Waals surface area contributed by atoms with Gasteiger partial charge in [-0.1, -0.05) is 57.1 Å². The van der Waals surface area contributed by atoms with Crippen molar-refractivity contribution in [3.8, 4) is 11.8 Å². The average molecular weight is 369 g/mol. The van der Waals surface area contributed by atoms with Crippen molar-refractivity contribution in [2.75, 3.05) is 0 Å². The van der Waals surface area contributed by atoms with E-state index < -0.39 is 11.1 Å². The quantitative estimate of drug-likeness (QED) is 0.424. The number of benzene rings is 3. The Kier molecular flexibility index (Phi) is 4.02. The second-order valence-electron chi connectivity index (χ2n) is 5.84. The van der Waals surface area contributed by atoms with Crippen molar-refractivity contribution < 1.29 is 23.7 Å². The van der Waals surface area contributed by atoms with Gasteiger partial charge < -0.3 is 10.2 Å². The molecule has 0 spiro atoms. The van der Waals surface area contributed by atoms with E-state index in [2.05, 4.69) is 0 Å². The van der Waals surface area contributed by atoms with Gasteiger partial charge in [0, 0.05) is 0 Å². The zero-order valence-corrected chi connectivity index (χ0v) is 14.6. The summed E-state index contributed by atoms with van der Waals surface area (Å²) >= 11 is -1.92. The number of rotatable bonds is 4. The molecule has 1 aromatic heterocycles. The van der Waals surface area contributed by atoms with Crippen LogP contribution in [0.4, 0.5) is 0 Å². The third-order valence-electron chi connectivity index (χ3n) is 4.16. The highest BCUT2D eigenvalue weighted by Crippen LogP contribution is 2.39. The second-order valence-corrected chi connectivity index (χ2v) is 6.92. The first-order chi connectivity index (χ1) is 12.6. The van der Waals surface area contributed by atoms with Gasteiger partial charge in [-0.15, -0.1) is 0 Å². The number of aromatic nitrogens is 1. The molecule has 0 bridgehead atoms. The highest BCUT2D eigenvalue weighted by atomic mass is 32.2. The van der Waals surface area contributed by atoms with Gasteiger partial charge in [0.05, 0.1) is 15.7 Å². The van der Waals surface area contributed by atoms with Gasteiger partial charge in [-0.2, -0.15) is 0 Å². The highest BCUT2D eigenvalue weighted by Gasteiger charge is 2.21. The Morgan fingerprint density at radius 3 is 2.38 bits per heavy atom. The average Bonchev–Trinajstić information content (AvgIpc) is 2.91. The zero-order chi connectivity index (χ0) is 18.3. The smallest absolute Gasteiger partial charge is 0.241 e. The molecule has 4 rings (SSSR count). The van der Waals surface area contributed by atoms with E-state index in [1.807, 2.05) is 37.3 Å². The van der Waals surface area contributed by atoms with Crippen molar-refractivity contribution in [3.05, 3.63) is 66.2 Å². The largest absolute Gasteiger partial charge is 0.492 e. The van der Waals surface area contributed by atoms with E-state index in [4.69, 9.17) is 9.32 Å². The van der Waals surface area contributed by atoms with Gasteiger partial charge in [0.1, 0.15) is 0 Å². The minimum Gasteiger partial charge on any atom is -0.492 e. The Morgan fingerprint density at radius 2 is 1.62 bits per heavy atom. The normalized spacial score (nSPS) is 12.5. The molecule has 26 heavy (non-hydrogen) atoms. The standard InChI is InChI=1S/C19H15NO5S/c1-12-6-9-14(10-7-12)26(23)25-24-20-18(21)16-11-8-13-4-2-3-5-15(13)17(16)19(20)22/h2-11,21-22H,1H3. The zero-order valence-electron chi connectivity index (χ0n) is 13.7. The molecule has 7 heteroatoms. The van der Waals surface area contributed by atoms with E-state index in [9.17, 15) is 14.4 Å². The van der Waals surface area contributed by atoms with Crippen molar-refractivity contribution in [2.45, 2.75) is 11.8 Å². The number of fused-ring (bicyclic) bond motifs is 3. The molecule has 4 aromatic rings. The van der Waals surface area contributed by atoms with E-state index in [1.54, 1.807) is 30.3 Å². The van der Waals surface area contributed by atoms with Crippen molar-refractivity contribution in [3.63, 3.8) is 0 Å². The molecule has 0 saturated carbocycles. The fourth-order valence-electron chi connectivity index (χ4n) is 2.83. The molecule has 2 N–H and O–H groups in total. The van der Waals surface area contributed by atoms with Crippen LogP contribution in [0.3, 0.4) is 0 Å². The number of hydrogen-bond acceptors (Lipinski definition) is 5. The lowest BCUT2D eigenvalue weighted by molar-refractivity contribution is -0.205. The van der Waals surface area contributed by atoms with Crippen LogP contribution < -0.4 is 4.99 Å². The minimum atomic E-state index is -1.92. The summed E-state index contributed by atoms with van der Waals surface area (Å²) in [5.74, 6) is -0.681. The van der Waals surface area contributed by atoms with Crippen LogP contribution in [0.2, 0.25) is 0 Å². The molecular weight excluding hydrogens is 354 g/mol. The maximum absolute atomic E-state index is 12.2. The van der Waals surface area contributed by atoms with Gasteiger partial charge in [0.15, 0.2) is 0 Å². The van der Waals surface area contributed by atoms with Crippen LogP contribution in [0.25, 0.3) is 21.5 Å². The van der Waals surface area contributed by atoms with Gasteiger partial charge in [-0.3, -0.25) is 0 Å². The Hall–Kier alpha value is -3.03. The number of aryl methyl sites for hydroxylation is 1. The molecule has 0 amide bonds.